The summed E-state index contributed by atoms with van der Waals surface area (Å²) in [6.07, 6.45) is 2.79. The van der Waals surface area contributed by atoms with Gasteiger partial charge >= 0.3 is 5.97 Å². The highest BCUT2D eigenvalue weighted by molar-refractivity contribution is 6.35. The molecule has 1 atom stereocenters. The predicted molar refractivity (Wildman–Crippen MR) is 134 cm³/mol. The van der Waals surface area contributed by atoms with Crippen LogP contribution in [0, 0.1) is 13.8 Å². The SMILES string of the molecule is Cc1ccc(C)c(N2C(=O)c3ccc(C(=O)OCC(=O)NC4CCCc5ccccc54)cc3C2=O)c1. The highest BCUT2D eigenvalue weighted by Gasteiger charge is 2.38. The summed E-state index contributed by atoms with van der Waals surface area (Å²) in [5.41, 5.74) is 5.02. The Morgan fingerprint density at radius 2 is 1.75 bits per heavy atom. The van der Waals surface area contributed by atoms with Gasteiger partial charge in [-0.1, -0.05) is 36.4 Å². The van der Waals surface area contributed by atoms with Gasteiger partial charge in [-0.2, -0.15) is 0 Å². The Morgan fingerprint density at radius 1 is 0.972 bits per heavy atom. The van der Waals surface area contributed by atoms with Crippen molar-refractivity contribution < 1.29 is 23.9 Å². The first-order valence-corrected chi connectivity index (χ1v) is 12.0. The summed E-state index contributed by atoms with van der Waals surface area (Å²) in [5.74, 6) is -2.05. The molecule has 182 valence electrons. The first kappa shape index (κ1) is 23.5. The molecule has 5 rings (SSSR count). The number of anilines is 1. The zero-order valence-corrected chi connectivity index (χ0v) is 20.2. The molecule has 0 radical (unpaired) electrons. The summed E-state index contributed by atoms with van der Waals surface area (Å²) in [5, 5.41) is 2.95. The number of benzene rings is 3. The molecule has 7 heteroatoms. The number of rotatable bonds is 5. The van der Waals surface area contributed by atoms with E-state index in [4.69, 9.17) is 4.74 Å². The summed E-state index contributed by atoms with van der Waals surface area (Å²) < 4.78 is 5.23. The molecule has 0 aromatic heterocycles. The molecule has 2 aliphatic rings. The van der Waals surface area contributed by atoms with Gasteiger partial charge in [-0.05, 0) is 79.6 Å². The van der Waals surface area contributed by atoms with Crippen LogP contribution in [-0.2, 0) is 16.0 Å². The molecule has 0 bridgehead atoms. The van der Waals surface area contributed by atoms with E-state index in [-0.39, 0.29) is 22.7 Å². The lowest BCUT2D eigenvalue weighted by atomic mass is 9.88. The monoisotopic (exact) mass is 482 g/mol. The Balaban J connectivity index is 1.26. The van der Waals surface area contributed by atoms with E-state index in [1.807, 2.05) is 44.2 Å². The molecule has 0 fully saturated rings. The maximum absolute atomic E-state index is 13.1. The zero-order chi connectivity index (χ0) is 25.4. The van der Waals surface area contributed by atoms with Crippen molar-refractivity contribution in [3.05, 3.63) is 99.6 Å². The van der Waals surface area contributed by atoms with E-state index in [1.54, 1.807) is 6.07 Å². The molecule has 7 nitrogen and oxygen atoms in total. The second-order valence-corrected chi connectivity index (χ2v) is 9.28. The van der Waals surface area contributed by atoms with E-state index >= 15 is 0 Å². The molecule has 1 aliphatic heterocycles. The summed E-state index contributed by atoms with van der Waals surface area (Å²) in [6, 6.07) is 17.7. The van der Waals surface area contributed by atoms with Crippen molar-refractivity contribution in [3.8, 4) is 0 Å². The quantitative estimate of drug-likeness (QED) is 0.428. The lowest BCUT2D eigenvalue weighted by molar-refractivity contribution is -0.125. The fraction of sp³-hybridized carbons (Fsp3) is 0.241. The number of carbonyl (C=O) groups is 4. The molecule has 3 aromatic rings. The molecule has 1 aliphatic carbocycles. The van der Waals surface area contributed by atoms with Crippen molar-refractivity contribution in [2.24, 2.45) is 0 Å². The number of amides is 3. The van der Waals surface area contributed by atoms with Crippen LogP contribution in [0.15, 0.2) is 60.7 Å². The third-order valence-corrected chi connectivity index (χ3v) is 6.77. The fourth-order valence-electron chi connectivity index (χ4n) is 4.90. The molecule has 1 heterocycles. The summed E-state index contributed by atoms with van der Waals surface area (Å²) in [7, 11) is 0. The van der Waals surface area contributed by atoms with Gasteiger partial charge in [0.05, 0.1) is 28.4 Å². The third kappa shape index (κ3) is 4.28. The van der Waals surface area contributed by atoms with Crippen LogP contribution in [0.2, 0.25) is 0 Å². The number of hydrogen-bond donors (Lipinski definition) is 1. The summed E-state index contributed by atoms with van der Waals surface area (Å²) in [6.45, 7) is 3.28. The van der Waals surface area contributed by atoms with Crippen LogP contribution in [-0.4, -0.2) is 30.3 Å². The average Bonchev–Trinajstić information content (AvgIpc) is 3.13. The minimum Gasteiger partial charge on any atom is -0.452 e. The molecule has 3 aromatic carbocycles. The molecule has 1 N–H and O–H groups in total. The maximum atomic E-state index is 13.1. The van der Waals surface area contributed by atoms with Crippen LogP contribution in [0.5, 0.6) is 0 Å². The number of esters is 1. The normalized spacial score (nSPS) is 16.4. The minimum absolute atomic E-state index is 0.105. The van der Waals surface area contributed by atoms with Crippen molar-refractivity contribution in [1.29, 1.82) is 0 Å². The van der Waals surface area contributed by atoms with Crippen LogP contribution >= 0.6 is 0 Å². The molecule has 3 amide bonds. The van der Waals surface area contributed by atoms with Crippen molar-refractivity contribution in [2.75, 3.05) is 11.5 Å². The maximum Gasteiger partial charge on any atom is 0.338 e. The van der Waals surface area contributed by atoms with Crippen LogP contribution in [0.1, 0.15) is 72.2 Å². The van der Waals surface area contributed by atoms with Crippen LogP contribution in [0.3, 0.4) is 0 Å². The van der Waals surface area contributed by atoms with E-state index in [0.717, 1.165) is 40.9 Å². The number of nitrogens with one attached hydrogen (secondary N) is 1. The second kappa shape index (κ2) is 9.41. The second-order valence-electron chi connectivity index (χ2n) is 9.28. The number of nitrogens with zero attached hydrogens (tertiary/aromatic N) is 1. The molecule has 0 saturated carbocycles. The van der Waals surface area contributed by atoms with E-state index in [2.05, 4.69) is 11.4 Å². The van der Waals surface area contributed by atoms with Gasteiger partial charge in [0.1, 0.15) is 0 Å². The molecule has 0 spiro atoms. The Kier molecular flexibility index (Phi) is 6.14. The number of carbonyl (C=O) groups excluding carboxylic acids is 4. The standard InChI is InChI=1S/C29H26N2O5/c1-17-10-11-18(2)25(14-17)31-27(33)22-13-12-20(15-23(22)28(31)34)29(35)36-16-26(32)30-24-9-5-7-19-6-3-4-8-21(19)24/h3-4,6,8,10-15,24H,5,7,9,16H2,1-2H3,(H,30,32). The zero-order valence-electron chi connectivity index (χ0n) is 20.2. The van der Waals surface area contributed by atoms with E-state index in [0.29, 0.717) is 5.69 Å². The number of imide groups is 1. The van der Waals surface area contributed by atoms with Gasteiger partial charge in [0, 0.05) is 0 Å². The van der Waals surface area contributed by atoms with Gasteiger partial charge < -0.3 is 10.1 Å². The summed E-state index contributed by atoms with van der Waals surface area (Å²) in [4.78, 5) is 52.4. The number of hydrogen-bond acceptors (Lipinski definition) is 5. The van der Waals surface area contributed by atoms with Crippen LogP contribution in [0.25, 0.3) is 0 Å². The Bertz CT molecular complexity index is 1410. The van der Waals surface area contributed by atoms with Gasteiger partial charge in [0.15, 0.2) is 6.61 Å². The molecular weight excluding hydrogens is 456 g/mol. The van der Waals surface area contributed by atoms with Gasteiger partial charge in [-0.15, -0.1) is 0 Å². The lowest BCUT2D eigenvalue weighted by Gasteiger charge is -2.26. The number of ether oxygens (including phenoxy) is 1. The van der Waals surface area contributed by atoms with E-state index < -0.39 is 30.3 Å². The predicted octanol–water partition coefficient (Wildman–Crippen LogP) is 4.45. The smallest absolute Gasteiger partial charge is 0.338 e. The molecule has 0 saturated heterocycles. The topological polar surface area (TPSA) is 92.8 Å². The number of fused-ring (bicyclic) bond motifs is 2. The first-order chi connectivity index (χ1) is 17.3. The molecular formula is C29H26N2O5. The minimum atomic E-state index is -0.734. The average molecular weight is 483 g/mol. The fourth-order valence-corrected chi connectivity index (χ4v) is 4.90. The highest BCUT2D eigenvalue weighted by atomic mass is 16.5. The van der Waals surface area contributed by atoms with E-state index in [9.17, 15) is 19.2 Å². The summed E-state index contributed by atoms with van der Waals surface area (Å²) >= 11 is 0. The Labute approximate surface area is 209 Å². The van der Waals surface area contributed by atoms with Gasteiger partial charge in [0.25, 0.3) is 17.7 Å². The van der Waals surface area contributed by atoms with Crippen molar-refractivity contribution in [3.63, 3.8) is 0 Å². The van der Waals surface area contributed by atoms with Crippen LogP contribution < -0.4 is 10.2 Å². The van der Waals surface area contributed by atoms with Crippen molar-refractivity contribution in [2.45, 2.75) is 39.2 Å². The van der Waals surface area contributed by atoms with Crippen molar-refractivity contribution in [1.82, 2.24) is 5.32 Å². The Hall–Kier alpha value is -4.26. The molecule has 1 unspecified atom stereocenters. The largest absolute Gasteiger partial charge is 0.452 e. The van der Waals surface area contributed by atoms with Gasteiger partial charge in [-0.3, -0.25) is 14.4 Å². The first-order valence-electron chi connectivity index (χ1n) is 12.0. The molecule has 36 heavy (non-hydrogen) atoms. The van der Waals surface area contributed by atoms with Gasteiger partial charge in [-0.25, -0.2) is 9.69 Å². The van der Waals surface area contributed by atoms with Crippen molar-refractivity contribution >= 4 is 29.4 Å². The van der Waals surface area contributed by atoms with Gasteiger partial charge in [0.2, 0.25) is 0 Å². The number of aryl methyl sites for hydroxylation is 3. The third-order valence-electron chi connectivity index (χ3n) is 6.77. The Morgan fingerprint density at radius 3 is 2.58 bits per heavy atom. The van der Waals surface area contributed by atoms with E-state index in [1.165, 1.54) is 23.8 Å². The van der Waals surface area contributed by atoms with Crippen LogP contribution in [0.4, 0.5) is 5.69 Å². The highest BCUT2D eigenvalue weighted by Crippen LogP contribution is 2.32. The lowest BCUT2D eigenvalue weighted by Crippen LogP contribution is -2.34.